The number of halogens is 1. The summed E-state index contributed by atoms with van der Waals surface area (Å²) in [5.74, 6) is -1.10. The molecule has 1 amide bonds. The number of hydrogen-bond donors (Lipinski definition) is 3. The van der Waals surface area contributed by atoms with Crippen molar-refractivity contribution >= 4 is 33.0 Å². The monoisotopic (exact) mass is 443 g/mol. The summed E-state index contributed by atoms with van der Waals surface area (Å²) in [7, 11) is -4.06. The molecular formula is C19H26FN3O4S2. The van der Waals surface area contributed by atoms with Crippen molar-refractivity contribution in [2.45, 2.75) is 62.9 Å². The lowest BCUT2D eigenvalue weighted by Crippen LogP contribution is -2.48. The standard InChI is InChI=1S/C19H26FN3O4S2/c1-11(2)14-8-13(20)9-15(12(3)4)17(14)22-16(24)10-19(5,25)23-29(26,27)18-21-6-7-28-18/h6-9,11-12,23,25H,10H2,1-5H3,(H,22,24). The van der Waals surface area contributed by atoms with Gasteiger partial charge in [0.15, 0.2) is 0 Å². The Morgan fingerprint density at radius 3 is 2.24 bits per heavy atom. The lowest BCUT2D eigenvalue weighted by molar-refractivity contribution is -0.120. The molecule has 0 fully saturated rings. The van der Waals surface area contributed by atoms with Crippen molar-refractivity contribution in [1.29, 1.82) is 0 Å². The summed E-state index contributed by atoms with van der Waals surface area (Å²) in [4.78, 5) is 16.3. The molecule has 2 aromatic rings. The smallest absolute Gasteiger partial charge is 0.270 e. The number of anilines is 1. The maximum atomic E-state index is 14.0. The molecule has 1 unspecified atom stereocenters. The first-order chi connectivity index (χ1) is 13.3. The molecule has 2 rings (SSSR count). The Balaban J connectivity index is 2.24. The van der Waals surface area contributed by atoms with E-state index in [2.05, 4.69) is 15.0 Å². The topological polar surface area (TPSA) is 108 Å². The van der Waals surface area contributed by atoms with Crippen LogP contribution in [0.2, 0.25) is 0 Å². The fraction of sp³-hybridized carbons (Fsp3) is 0.474. The normalized spacial score (nSPS) is 14.2. The number of rotatable bonds is 8. The molecule has 3 N–H and O–H groups in total. The van der Waals surface area contributed by atoms with E-state index in [9.17, 15) is 22.7 Å². The number of carbonyl (C=O) groups is 1. The van der Waals surface area contributed by atoms with Gasteiger partial charge in [0, 0.05) is 17.3 Å². The van der Waals surface area contributed by atoms with Gasteiger partial charge in [-0.15, -0.1) is 11.3 Å². The maximum Gasteiger partial charge on any atom is 0.270 e. The summed E-state index contributed by atoms with van der Waals surface area (Å²) < 4.78 is 40.5. The SMILES string of the molecule is CC(C)c1cc(F)cc(C(C)C)c1NC(=O)CC(C)(O)NS(=O)(=O)c1nccs1. The Morgan fingerprint density at radius 2 is 1.79 bits per heavy atom. The molecule has 7 nitrogen and oxygen atoms in total. The summed E-state index contributed by atoms with van der Waals surface area (Å²) in [5, 5.41) is 14.7. The highest BCUT2D eigenvalue weighted by Gasteiger charge is 2.32. The van der Waals surface area contributed by atoms with Crippen LogP contribution in [-0.4, -0.2) is 30.1 Å². The van der Waals surface area contributed by atoms with Crippen molar-refractivity contribution < 1.29 is 22.7 Å². The summed E-state index contributed by atoms with van der Waals surface area (Å²) in [6.07, 6.45) is 0.792. The minimum Gasteiger partial charge on any atom is -0.375 e. The van der Waals surface area contributed by atoms with Gasteiger partial charge < -0.3 is 10.4 Å². The number of aliphatic hydroxyl groups is 1. The molecule has 0 aliphatic heterocycles. The maximum absolute atomic E-state index is 14.0. The van der Waals surface area contributed by atoms with E-state index in [4.69, 9.17) is 0 Å². The summed E-state index contributed by atoms with van der Waals surface area (Å²) in [6, 6.07) is 2.74. The van der Waals surface area contributed by atoms with Gasteiger partial charge in [-0.05, 0) is 42.0 Å². The Kier molecular flexibility index (Phi) is 7.15. The second-order valence-electron chi connectivity index (χ2n) is 7.67. The third-order valence-corrected chi connectivity index (χ3v) is 6.96. The van der Waals surface area contributed by atoms with Crippen molar-refractivity contribution in [1.82, 2.24) is 9.71 Å². The molecule has 0 aliphatic rings. The molecule has 0 radical (unpaired) electrons. The van der Waals surface area contributed by atoms with E-state index in [-0.39, 0.29) is 16.2 Å². The molecule has 1 atom stereocenters. The zero-order chi connectivity index (χ0) is 22.0. The van der Waals surface area contributed by atoms with Crippen LogP contribution in [0, 0.1) is 5.82 Å². The van der Waals surface area contributed by atoms with Crippen LogP contribution in [0.3, 0.4) is 0 Å². The zero-order valence-electron chi connectivity index (χ0n) is 17.0. The van der Waals surface area contributed by atoms with E-state index < -0.39 is 33.9 Å². The second kappa shape index (κ2) is 8.86. The molecule has 0 spiro atoms. The van der Waals surface area contributed by atoms with Crippen molar-refractivity contribution in [2.24, 2.45) is 0 Å². The van der Waals surface area contributed by atoms with E-state index in [1.807, 2.05) is 27.7 Å². The molecule has 10 heteroatoms. The van der Waals surface area contributed by atoms with E-state index in [1.165, 1.54) is 30.6 Å². The van der Waals surface area contributed by atoms with E-state index >= 15 is 0 Å². The van der Waals surface area contributed by atoms with Crippen LogP contribution in [0.25, 0.3) is 0 Å². The first-order valence-electron chi connectivity index (χ1n) is 9.11. The highest BCUT2D eigenvalue weighted by molar-refractivity contribution is 7.91. The Bertz CT molecular complexity index is 942. The molecule has 0 bridgehead atoms. The van der Waals surface area contributed by atoms with E-state index in [1.54, 1.807) is 0 Å². The Morgan fingerprint density at radius 1 is 1.24 bits per heavy atom. The molecule has 0 aliphatic carbocycles. The number of nitrogens with one attached hydrogen (secondary N) is 2. The summed E-state index contributed by atoms with van der Waals surface area (Å²) in [5.41, 5.74) is -0.292. The largest absolute Gasteiger partial charge is 0.375 e. The van der Waals surface area contributed by atoms with Crippen LogP contribution in [-0.2, 0) is 14.8 Å². The fourth-order valence-electron chi connectivity index (χ4n) is 2.91. The summed E-state index contributed by atoms with van der Waals surface area (Å²) >= 11 is 0.895. The van der Waals surface area contributed by atoms with Gasteiger partial charge in [0.1, 0.15) is 11.5 Å². The van der Waals surface area contributed by atoms with Crippen LogP contribution in [0.5, 0.6) is 0 Å². The van der Waals surface area contributed by atoms with E-state index in [0.717, 1.165) is 11.3 Å². The molecule has 29 heavy (non-hydrogen) atoms. The number of nitrogens with zero attached hydrogens (tertiary/aromatic N) is 1. The third kappa shape index (κ3) is 6.05. The second-order valence-corrected chi connectivity index (χ2v) is 10.4. The van der Waals surface area contributed by atoms with Crippen LogP contribution < -0.4 is 10.0 Å². The van der Waals surface area contributed by atoms with Gasteiger partial charge in [-0.3, -0.25) is 4.79 Å². The molecule has 1 aromatic heterocycles. The van der Waals surface area contributed by atoms with E-state index in [0.29, 0.717) is 16.8 Å². The first-order valence-corrected chi connectivity index (χ1v) is 11.5. The number of hydrogen-bond acceptors (Lipinski definition) is 6. The van der Waals surface area contributed by atoms with Crippen molar-refractivity contribution in [3.05, 3.63) is 40.7 Å². The minimum absolute atomic E-state index is 0.0533. The molecule has 1 aromatic carbocycles. The molecular weight excluding hydrogens is 417 g/mol. The van der Waals surface area contributed by atoms with Gasteiger partial charge in [-0.2, -0.15) is 4.72 Å². The number of benzene rings is 1. The highest BCUT2D eigenvalue weighted by Crippen LogP contribution is 2.34. The van der Waals surface area contributed by atoms with Crippen LogP contribution in [0.1, 0.15) is 64.0 Å². The average molecular weight is 444 g/mol. The highest BCUT2D eigenvalue weighted by atomic mass is 32.2. The summed E-state index contributed by atoms with van der Waals surface area (Å²) in [6.45, 7) is 8.72. The predicted octanol–water partition coefficient (Wildman–Crippen LogP) is 3.54. The molecule has 160 valence electrons. The first kappa shape index (κ1) is 23.4. The average Bonchev–Trinajstić information content (AvgIpc) is 3.09. The van der Waals surface area contributed by atoms with Gasteiger partial charge in [0.05, 0.1) is 6.42 Å². The van der Waals surface area contributed by atoms with Gasteiger partial charge in [-0.1, -0.05) is 27.7 Å². The molecule has 1 heterocycles. The third-order valence-electron chi connectivity index (χ3n) is 4.17. The van der Waals surface area contributed by atoms with Crippen molar-refractivity contribution in [3.63, 3.8) is 0 Å². The van der Waals surface area contributed by atoms with Crippen LogP contribution in [0.15, 0.2) is 28.0 Å². The minimum atomic E-state index is -4.06. The Hall–Kier alpha value is -1.88. The van der Waals surface area contributed by atoms with Gasteiger partial charge in [0.25, 0.3) is 10.0 Å². The molecule has 0 saturated heterocycles. The number of aromatic nitrogens is 1. The van der Waals surface area contributed by atoms with Gasteiger partial charge >= 0.3 is 0 Å². The van der Waals surface area contributed by atoms with Crippen molar-refractivity contribution in [2.75, 3.05) is 5.32 Å². The van der Waals surface area contributed by atoms with Gasteiger partial charge in [0.2, 0.25) is 10.2 Å². The lowest BCUT2D eigenvalue weighted by Gasteiger charge is -2.25. The molecule has 0 saturated carbocycles. The lowest BCUT2D eigenvalue weighted by atomic mass is 9.92. The number of sulfonamides is 1. The number of amides is 1. The van der Waals surface area contributed by atoms with Crippen molar-refractivity contribution in [3.8, 4) is 0 Å². The van der Waals surface area contributed by atoms with Crippen LogP contribution >= 0.6 is 11.3 Å². The van der Waals surface area contributed by atoms with Crippen LogP contribution in [0.4, 0.5) is 10.1 Å². The number of carbonyl (C=O) groups excluding carboxylic acids is 1. The predicted molar refractivity (Wildman–Crippen MR) is 111 cm³/mol. The Labute approximate surface area is 174 Å². The quantitative estimate of drug-likeness (QED) is 0.541. The zero-order valence-corrected chi connectivity index (χ0v) is 18.6. The van der Waals surface area contributed by atoms with Gasteiger partial charge in [-0.25, -0.2) is 17.8 Å². The number of thiazole rings is 1. The fourth-order valence-corrected chi connectivity index (χ4v) is 5.01.